The predicted octanol–water partition coefficient (Wildman–Crippen LogP) is 3.72. The van der Waals surface area contributed by atoms with Crippen LogP contribution in [0.15, 0.2) is 29.8 Å². The van der Waals surface area contributed by atoms with Crippen molar-refractivity contribution in [2.45, 2.75) is 20.8 Å². The molecule has 0 aliphatic rings. The van der Waals surface area contributed by atoms with Crippen LogP contribution in [0.5, 0.6) is 0 Å². The van der Waals surface area contributed by atoms with E-state index in [0.29, 0.717) is 5.56 Å². The molecular weight excluding hydrogens is 151 g/mol. The van der Waals surface area contributed by atoms with Crippen LogP contribution < -0.4 is 0 Å². The van der Waals surface area contributed by atoms with Gasteiger partial charge < -0.3 is 0 Å². The molecule has 0 aromatic heterocycles. The molecule has 0 unspecified atom stereocenters. The van der Waals surface area contributed by atoms with E-state index < -0.39 is 0 Å². The molecule has 0 fully saturated rings. The van der Waals surface area contributed by atoms with Crippen LogP contribution >= 0.6 is 0 Å². The van der Waals surface area contributed by atoms with E-state index in [4.69, 9.17) is 0 Å². The van der Waals surface area contributed by atoms with Crippen LogP contribution in [0.4, 0.5) is 4.39 Å². The largest absolute Gasteiger partial charge is 0.206 e. The Morgan fingerprint density at radius 2 is 1.58 bits per heavy atom. The Kier molecular flexibility index (Phi) is 2.64. The standard InChI is InChI=1S/C11H13F/c1-8(2)11(12)10-6-4-9(3)5-7-10/h4-7H,1-3H3. The zero-order valence-corrected chi connectivity index (χ0v) is 7.69. The van der Waals surface area contributed by atoms with Crippen LogP contribution in [-0.4, -0.2) is 0 Å². The van der Waals surface area contributed by atoms with Gasteiger partial charge in [-0.3, -0.25) is 0 Å². The fraction of sp³-hybridized carbons (Fsp3) is 0.273. The van der Waals surface area contributed by atoms with Crippen molar-refractivity contribution in [3.05, 3.63) is 41.0 Å². The summed E-state index contributed by atoms with van der Waals surface area (Å²) in [7, 11) is 0. The lowest BCUT2D eigenvalue weighted by Crippen LogP contribution is -1.80. The monoisotopic (exact) mass is 164 g/mol. The Balaban J connectivity index is 3.06. The lowest BCUT2D eigenvalue weighted by Gasteiger charge is -2.00. The molecule has 1 aromatic carbocycles. The highest BCUT2D eigenvalue weighted by atomic mass is 19.1. The van der Waals surface area contributed by atoms with E-state index >= 15 is 0 Å². The number of aryl methyl sites for hydroxylation is 1. The molecule has 0 saturated carbocycles. The summed E-state index contributed by atoms with van der Waals surface area (Å²) in [4.78, 5) is 0. The van der Waals surface area contributed by atoms with Crippen molar-refractivity contribution in [2.75, 3.05) is 0 Å². The smallest absolute Gasteiger partial charge is 0.129 e. The van der Waals surface area contributed by atoms with E-state index in [0.717, 1.165) is 11.1 Å². The van der Waals surface area contributed by atoms with Crippen molar-refractivity contribution < 1.29 is 4.39 Å². The number of benzene rings is 1. The molecule has 1 heteroatoms. The third-order valence-electron chi connectivity index (χ3n) is 1.74. The molecule has 0 heterocycles. The van der Waals surface area contributed by atoms with Gasteiger partial charge in [0, 0.05) is 5.56 Å². The fourth-order valence-corrected chi connectivity index (χ4v) is 0.989. The minimum Gasteiger partial charge on any atom is -0.206 e. The van der Waals surface area contributed by atoms with Gasteiger partial charge in [0.05, 0.1) is 0 Å². The molecule has 12 heavy (non-hydrogen) atoms. The number of halogens is 1. The third-order valence-corrected chi connectivity index (χ3v) is 1.74. The molecular formula is C11H13F. The predicted molar refractivity (Wildman–Crippen MR) is 50.6 cm³/mol. The first-order valence-electron chi connectivity index (χ1n) is 4.01. The van der Waals surface area contributed by atoms with Crippen molar-refractivity contribution in [3.8, 4) is 0 Å². The second kappa shape index (κ2) is 3.53. The first kappa shape index (κ1) is 8.98. The topological polar surface area (TPSA) is 0 Å². The Hall–Kier alpha value is -1.11. The van der Waals surface area contributed by atoms with Crippen LogP contribution in [0.3, 0.4) is 0 Å². The van der Waals surface area contributed by atoms with Crippen LogP contribution in [-0.2, 0) is 0 Å². The van der Waals surface area contributed by atoms with Crippen LogP contribution in [0.25, 0.3) is 5.83 Å². The molecule has 0 saturated heterocycles. The maximum absolute atomic E-state index is 13.3. The van der Waals surface area contributed by atoms with Gasteiger partial charge in [0.1, 0.15) is 5.83 Å². The van der Waals surface area contributed by atoms with Crippen LogP contribution in [0.1, 0.15) is 25.0 Å². The van der Waals surface area contributed by atoms with Gasteiger partial charge in [-0.2, -0.15) is 0 Å². The quantitative estimate of drug-likeness (QED) is 0.593. The van der Waals surface area contributed by atoms with Crippen molar-refractivity contribution in [1.29, 1.82) is 0 Å². The number of hydrogen-bond acceptors (Lipinski definition) is 0. The van der Waals surface area contributed by atoms with E-state index in [1.165, 1.54) is 0 Å². The van der Waals surface area contributed by atoms with E-state index in [1.54, 1.807) is 26.0 Å². The molecule has 0 spiro atoms. The van der Waals surface area contributed by atoms with Crippen molar-refractivity contribution in [3.63, 3.8) is 0 Å². The van der Waals surface area contributed by atoms with E-state index in [-0.39, 0.29) is 5.83 Å². The van der Waals surface area contributed by atoms with Gasteiger partial charge in [-0.1, -0.05) is 29.8 Å². The Bertz CT molecular complexity index is 289. The normalized spacial score (nSPS) is 9.67. The Morgan fingerprint density at radius 1 is 1.08 bits per heavy atom. The van der Waals surface area contributed by atoms with Crippen molar-refractivity contribution in [2.24, 2.45) is 0 Å². The summed E-state index contributed by atoms with van der Waals surface area (Å²) in [6.45, 7) is 5.54. The minimum atomic E-state index is -0.116. The van der Waals surface area contributed by atoms with Crippen molar-refractivity contribution >= 4 is 5.83 Å². The Morgan fingerprint density at radius 3 is 2.00 bits per heavy atom. The fourth-order valence-electron chi connectivity index (χ4n) is 0.989. The van der Waals surface area contributed by atoms with Crippen LogP contribution in [0, 0.1) is 6.92 Å². The van der Waals surface area contributed by atoms with Gasteiger partial charge in [-0.05, 0) is 26.3 Å². The van der Waals surface area contributed by atoms with Gasteiger partial charge in [0.25, 0.3) is 0 Å². The lowest BCUT2D eigenvalue weighted by atomic mass is 10.1. The number of allylic oxidation sites excluding steroid dienone is 1. The minimum absolute atomic E-state index is 0.116. The zero-order chi connectivity index (χ0) is 9.14. The maximum Gasteiger partial charge on any atom is 0.129 e. The van der Waals surface area contributed by atoms with Crippen molar-refractivity contribution in [1.82, 2.24) is 0 Å². The van der Waals surface area contributed by atoms with Crippen LogP contribution in [0.2, 0.25) is 0 Å². The average molecular weight is 164 g/mol. The highest BCUT2D eigenvalue weighted by Gasteiger charge is 2.00. The number of rotatable bonds is 1. The summed E-state index contributed by atoms with van der Waals surface area (Å²) < 4.78 is 13.3. The van der Waals surface area contributed by atoms with E-state index in [1.807, 2.05) is 19.1 Å². The average Bonchev–Trinajstić information content (AvgIpc) is 2.04. The Labute approximate surface area is 72.7 Å². The summed E-state index contributed by atoms with van der Waals surface area (Å²) in [5.74, 6) is -0.116. The second-order valence-electron chi connectivity index (χ2n) is 3.18. The molecule has 0 atom stereocenters. The zero-order valence-electron chi connectivity index (χ0n) is 7.69. The second-order valence-corrected chi connectivity index (χ2v) is 3.18. The molecule has 0 aliphatic heterocycles. The highest BCUT2D eigenvalue weighted by molar-refractivity contribution is 5.61. The molecule has 0 N–H and O–H groups in total. The molecule has 0 nitrogen and oxygen atoms in total. The molecule has 1 aromatic rings. The summed E-state index contributed by atoms with van der Waals surface area (Å²) in [6, 6.07) is 7.44. The maximum atomic E-state index is 13.3. The highest BCUT2D eigenvalue weighted by Crippen LogP contribution is 2.19. The van der Waals surface area contributed by atoms with E-state index in [2.05, 4.69) is 0 Å². The van der Waals surface area contributed by atoms with Gasteiger partial charge >= 0.3 is 0 Å². The molecule has 0 radical (unpaired) electrons. The summed E-state index contributed by atoms with van der Waals surface area (Å²) in [5.41, 5.74) is 2.54. The molecule has 64 valence electrons. The first-order chi connectivity index (χ1) is 5.61. The lowest BCUT2D eigenvalue weighted by molar-refractivity contribution is 0.750. The summed E-state index contributed by atoms with van der Waals surface area (Å²) >= 11 is 0. The molecule has 0 amide bonds. The van der Waals surface area contributed by atoms with Gasteiger partial charge in [-0.25, -0.2) is 4.39 Å². The van der Waals surface area contributed by atoms with Gasteiger partial charge in [0.2, 0.25) is 0 Å². The SMILES string of the molecule is CC(C)=C(F)c1ccc(C)cc1. The van der Waals surface area contributed by atoms with Gasteiger partial charge in [-0.15, -0.1) is 0 Å². The van der Waals surface area contributed by atoms with E-state index in [9.17, 15) is 4.39 Å². The molecule has 1 rings (SSSR count). The van der Waals surface area contributed by atoms with Gasteiger partial charge in [0.15, 0.2) is 0 Å². The first-order valence-corrected chi connectivity index (χ1v) is 4.01. The summed E-state index contributed by atoms with van der Waals surface area (Å²) in [5, 5.41) is 0. The molecule has 0 bridgehead atoms. The summed E-state index contributed by atoms with van der Waals surface area (Å²) in [6.07, 6.45) is 0. The third kappa shape index (κ3) is 1.94. The molecule has 0 aliphatic carbocycles. The number of hydrogen-bond donors (Lipinski definition) is 0.